The zero-order valence-corrected chi connectivity index (χ0v) is 33.7. The molecule has 0 unspecified atom stereocenters. The van der Waals surface area contributed by atoms with Crippen LogP contribution in [0.15, 0.2) is 235 Å². The first kappa shape index (κ1) is 35.8. The fourth-order valence-corrected chi connectivity index (χ4v) is 9.83. The van der Waals surface area contributed by atoms with Crippen molar-refractivity contribution in [3.63, 3.8) is 0 Å². The molecule has 0 aliphatic heterocycles. The van der Waals surface area contributed by atoms with Crippen molar-refractivity contribution in [1.82, 2.24) is 9.97 Å². The number of aromatic nitrogens is 2. The van der Waals surface area contributed by atoms with Gasteiger partial charge in [0.1, 0.15) is 11.2 Å². The lowest BCUT2D eigenvalue weighted by Crippen LogP contribution is -2.28. The largest absolute Gasteiger partial charge is 0.455 e. The average molecular weight is 791 g/mol. The first-order valence-electron chi connectivity index (χ1n) is 21.1. The third kappa shape index (κ3) is 5.67. The standard InChI is InChI=1S/C59H38N2O/c1-3-17-41(18-4-1)58-60-54(40-35-33-39(34-36-40)46-28-16-29-51-50-27-11-14-32-56(50)62-57(46)51)38-55(61-58)49-26-8-7-23-45(49)42-19-15-22-44(37-42)59(43-20-5-2-6-21-43)52-30-12-9-24-47(52)48-25-10-13-31-53(48)59/h1-38H. The fraction of sp³-hybridized carbons (Fsp3) is 0.0169. The van der Waals surface area contributed by atoms with Crippen LogP contribution < -0.4 is 0 Å². The number of hydrogen-bond acceptors (Lipinski definition) is 3. The van der Waals surface area contributed by atoms with Crippen LogP contribution in [-0.2, 0) is 5.41 Å². The van der Waals surface area contributed by atoms with Crippen molar-refractivity contribution in [1.29, 1.82) is 0 Å². The van der Waals surface area contributed by atoms with Crippen LogP contribution in [-0.4, -0.2) is 9.97 Å². The van der Waals surface area contributed by atoms with Gasteiger partial charge in [0.05, 0.1) is 16.8 Å². The van der Waals surface area contributed by atoms with Gasteiger partial charge in [-0.15, -0.1) is 0 Å². The van der Waals surface area contributed by atoms with Gasteiger partial charge in [-0.3, -0.25) is 0 Å². The minimum absolute atomic E-state index is 0.496. The highest BCUT2D eigenvalue weighted by Crippen LogP contribution is 2.56. The van der Waals surface area contributed by atoms with Gasteiger partial charge in [-0.25, -0.2) is 9.97 Å². The van der Waals surface area contributed by atoms with Crippen LogP contribution in [0.2, 0.25) is 0 Å². The number of nitrogens with zero attached hydrogens (tertiary/aromatic N) is 2. The maximum absolute atomic E-state index is 6.40. The van der Waals surface area contributed by atoms with Crippen LogP contribution in [0.5, 0.6) is 0 Å². The molecule has 62 heavy (non-hydrogen) atoms. The third-order valence-corrected chi connectivity index (χ3v) is 12.6. The summed E-state index contributed by atoms with van der Waals surface area (Å²) in [6, 6.07) is 82.2. The molecule has 11 aromatic rings. The van der Waals surface area contributed by atoms with E-state index in [-0.39, 0.29) is 0 Å². The Bertz CT molecular complexity index is 3410. The van der Waals surface area contributed by atoms with Crippen molar-refractivity contribution in [3.05, 3.63) is 253 Å². The summed E-state index contributed by atoms with van der Waals surface area (Å²) in [4.78, 5) is 10.5. The molecule has 0 saturated carbocycles. The van der Waals surface area contributed by atoms with Gasteiger partial charge >= 0.3 is 0 Å². The smallest absolute Gasteiger partial charge is 0.160 e. The van der Waals surface area contributed by atoms with Crippen molar-refractivity contribution in [2.75, 3.05) is 0 Å². The van der Waals surface area contributed by atoms with Gasteiger partial charge in [0, 0.05) is 33.0 Å². The van der Waals surface area contributed by atoms with E-state index in [0.29, 0.717) is 5.82 Å². The molecular formula is C59H38N2O. The Hall–Kier alpha value is -8.14. The fourth-order valence-electron chi connectivity index (χ4n) is 9.83. The monoisotopic (exact) mass is 790 g/mol. The van der Waals surface area contributed by atoms with Gasteiger partial charge in [-0.1, -0.05) is 212 Å². The van der Waals surface area contributed by atoms with Crippen LogP contribution in [0.3, 0.4) is 0 Å². The molecule has 0 radical (unpaired) electrons. The molecule has 9 aromatic carbocycles. The lowest BCUT2D eigenvalue weighted by atomic mass is 9.67. The third-order valence-electron chi connectivity index (χ3n) is 12.6. The van der Waals surface area contributed by atoms with Gasteiger partial charge in [-0.05, 0) is 68.3 Å². The zero-order chi connectivity index (χ0) is 41.0. The molecule has 1 aliphatic carbocycles. The van der Waals surface area contributed by atoms with E-state index < -0.39 is 5.41 Å². The Balaban J connectivity index is 0.998. The molecule has 290 valence electrons. The molecule has 12 rings (SSSR count). The van der Waals surface area contributed by atoms with Crippen molar-refractivity contribution >= 4 is 21.9 Å². The molecule has 0 spiro atoms. The Morgan fingerprint density at radius 2 is 0.855 bits per heavy atom. The first-order chi connectivity index (χ1) is 30.7. The molecule has 0 fully saturated rings. The van der Waals surface area contributed by atoms with E-state index in [2.05, 4.69) is 200 Å². The molecule has 2 aromatic heterocycles. The van der Waals surface area contributed by atoms with E-state index in [0.717, 1.165) is 72.3 Å². The van der Waals surface area contributed by atoms with Gasteiger partial charge in [-0.2, -0.15) is 0 Å². The predicted octanol–water partition coefficient (Wildman–Crippen LogP) is 15.1. The molecule has 0 atom stereocenters. The van der Waals surface area contributed by atoms with E-state index >= 15 is 0 Å². The number of fused-ring (bicyclic) bond motifs is 6. The molecule has 3 heteroatoms. The minimum Gasteiger partial charge on any atom is -0.455 e. The van der Waals surface area contributed by atoms with Gasteiger partial charge in [0.25, 0.3) is 0 Å². The van der Waals surface area contributed by atoms with E-state index in [4.69, 9.17) is 14.4 Å². The predicted molar refractivity (Wildman–Crippen MR) is 254 cm³/mol. The summed E-state index contributed by atoms with van der Waals surface area (Å²) in [5, 5.41) is 2.24. The lowest BCUT2D eigenvalue weighted by molar-refractivity contribution is 0.670. The van der Waals surface area contributed by atoms with Gasteiger partial charge < -0.3 is 4.42 Å². The van der Waals surface area contributed by atoms with E-state index in [9.17, 15) is 0 Å². The normalized spacial score (nSPS) is 12.6. The highest BCUT2D eigenvalue weighted by molar-refractivity contribution is 6.09. The number of benzene rings is 9. The second kappa shape index (κ2) is 14.5. The van der Waals surface area contributed by atoms with Crippen molar-refractivity contribution < 1.29 is 4.42 Å². The maximum atomic E-state index is 6.40. The molecule has 1 aliphatic rings. The Morgan fingerprint density at radius 1 is 0.323 bits per heavy atom. The van der Waals surface area contributed by atoms with E-state index in [1.165, 1.54) is 33.4 Å². The van der Waals surface area contributed by atoms with E-state index in [1.807, 2.05) is 30.3 Å². The first-order valence-corrected chi connectivity index (χ1v) is 21.1. The molecular weight excluding hydrogens is 753 g/mol. The molecule has 0 N–H and O–H groups in total. The average Bonchev–Trinajstić information content (AvgIpc) is 3.89. The van der Waals surface area contributed by atoms with Crippen molar-refractivity contribution in [3.8, 4) is 67.3 Å². The summed E-state index contributed by atoms with van der Waals surface area (Å²) in [6.07, 6.45) is 0. The second-order valence-corrected chi connectivity index (χ2v) is 16.0. The Kier molecular flexibility index (Phi) is 8.39. The summed E-state index contributed by atoms with van der Waals surface area (Å²) in [5.74, 6) is 0.681. The Morgan fingerprint density at radius 3 is 1.61 bits per heavy atom. The van der Waals surface area contributed by atoms with Crippen LogP contribution in [0.25, 0.3) is 89.2 Å². The molecule has 2 heterocycles. The van der Waals surface area contributed by atoms with Gasteiger partial charge in [0.2, 0.25) is 0 Å². The topological polar surface area (TPSA) is 38.9 Å². The summed E-state index contributed by atoms with van der Waals surface area (Å²) >= 11 is 0. The lowest BCUT2D eigenvalue weighted by Gasteiger charge is -2.34. The summed E-state index contributed by atoms with van der Waals surface area (Å²) in [7, 11) is 0. The highest BCUT2D eigenvalue weighted by atomic mass is 16.3. The SMILES string of the molecule is c1ccc(-c2nc(-c3ccc(-c4cccc5c4oc4ccccc45)cc3)cc(-c3ccccc3-c3cccc(C4(c5ccccc5)c5ccccc5-c5ccccc54)c3)n2)cc1. The highest BCUT2D eigenvalue weighted by Gasteiger charge is 2.45. The van der Waals surface area contributed by atoms with Crippen molar-refractivity contribution in [2.45, 2.75) is 5.41 Å². The van der Waals surface area contributed by atoms with Crippen LogP contribution in [0, 0.1) is 0 Å². The molecule has 0 saturated heterocycles. The van der Waals surface area contributed by atoms with Crippen molar-refractivity contribution in [2.24, 2.45) is 0 Å². The maximum Gasteiger partial charge on any atom is 0.160 e. The zero-order valence-electron chi connectivity index (χ0n) is 33.7. The summed E-state index contributed by atoms with van der Waals surface area (Å²) in [6.45, 7) is 0. The number of furan rings is 1. The summed E-state index contributed by atoms with van der Waals surface area (Å²) in [5.41, 5.74) is 18.0. The number of hydrogen-bond donors (Lipinski definition) is 0. The quantitative estimate of drug-likeness (QED) is 0.161. The molecule has 0 bridgehead atoms. The van der Waals surface area contributed by atoms with Gasteiger partial charge in [0.15, 0.2) is 5.82 Å². The second-order valence-electron chi connectivity index (χ2n) is 16.0. The van der Waals surface area contributed by atoms with Crippen LogP contribution in [0.1, 0.15) is 22.3 Å². The van der Waals surface area contributed by atoms with E-state index in [1.54, 1.807) is 0 Å². The van der Waals surface area contributed by atoms with Crippen LogP contribution >= 0.6 is 0 Å². The number of rotatable bonds is 7. The molecule has 3 nitrogen and oxygen atoms in total. The minimum atomic E-state index is -0.496. The number of para-hydroxylation sites is 2. The van der Waals surface area contributed by atoms with Crippen LogP contribution in [0.4, 0.5) is 0 Å². The summed E-state index contributed by atoms with van der Waals surface area (Å²) < 4.78 is 6.40. The molecule has 0 amide bonds. The Labute approximate surface area is 360 Å².